The summed E-state index contributed by atoms with van der Waals surface area (Å²) in [5.74, 6) is -2.08. The first-order valence-corrected chi connectivity index (χ1v) is 8.56. The van der Waals surface area contributed by atoms with Crippen LogP contribution in [0.4, 0.5) is 4.39 Å². The fourth-order valence-corrected chi connectivity index (χ4v) is 3.32. The molecule has 0 aliphatic carbocycles. The first kappa shape index (κ1) is 18.7. The number of hydrogen-bond acceptors (Lipinski definition) is 7. The summed E-state index contributed by atoms with van der Waals surface area (Å²) >= 11 is 0. The fraction of sp³-hybridized carbons (Fsp3) is 0.267. The lowest BCUT2D eigenvalue weighted by Crippen LogP contribution is -2.32. The minimum atomic E-state index is -4.01. The van der Waals surface area contributed by atoms with E-state index in [0.29, 0.717) is 0 Å². The largest absolute Gasteiger partial charge is 0.456 e. The average Bonchev–Trinajstić information content (AvgIpc) is 2.90. The Morgan fingerprint density at radius 1 is 1.32 bits per heavy atom. The molecule has 0 atom stereocenters. The van der Waals surface area contributed by atoms with Gasteiger partial charge in [-0.25, -0.2) is 12.8 Å². The van der Waals surface area contributed by atoms with E-state index in [4.69, 9.17) is 9.26 Å². The predicted molar refractivity (Wildman–Crippen MR) is 82.9 cm³/mol. The molecule has 0 saturated carbocycles. The summed E-state index contributed by atoms with van der Waals surface area (Å²) < 4.78 is 48.7. The SMILES string of the molecule is Cc1noc(C)c1S(=O)(=O)NCC(=O)OCC(=O)c1cccc(F)c1. The number of ketones is 1. The Kier molecular flexibility index (Phi) is 5.65. The lowest BCUT2D eigenvalue weighted by atomic mass is 10.1. The maximum atomic E-state index is 13.0. The number of aromatic nitrogens is 1. The Balaban J connectivity index is 1.90. The normalized spacial score (nSPS) is 11.3. The van der Waals surface area contributed by atoms with Crippen LogP contribution in [-0.4, -0.2) is 38.5 Å². The van der Waals surface area contributed by atoms with Gasteiger partial charge in [-0.15, -0.1) is 0 Å². The minimum absolute atomic E-state index is 0.0455. The monoisotopic (exact) mass is 370 g/mol. The summed E-state index contributed by atoms with van der Waals surface area (Å²) in [6, 6.07) is 4.91. The highest BCUT2D eigenvalue weighted by atomic mass is 32.2. The van der Waals surface area contributed by atoms with Crippen molar-refractivity contribution in [2.24, 2.45) is 0 Å². The molecular weight excluding hydrogens is 355 g/mol. The summed E-state index contributed by atoms with van der Waals surface area (Å²) in [5, 5.41) is 3.52. The molecule has 0 aliphatic rings. The molecule has 1 aromatic carbocycles. The van der Waals surface area contributed by atoms with Crippen molar-refractivity contribution >= 4 is 21.8 Å². The van der Waals surface area contributed by atoms with Gasteiger partial charge in [0.15, 0.2) is 18.2 Å². The maximum Gasteiger partial charge on any atom is 0.321 e. The van der Waals surface area contributed by atoms with Crippen LogP contribution in [0.25, 0.3) is 0 Å². The van der Waals surface area contributed by atoms with Gasteiger partial charge in [-0.2, -0.15) is 4.72 Å². The summed E-state index contributed by atoms with van der Waals surface area (Å²) in [6.45, 7) is 1.56. The lowest BCUT2D eigenvalue weighted by Gasteiger charge is -2.07. The zero-order chi connectivity index (χ0) is 18.6. The van der Waals surface area contributed by atoms with Crippen LogP contribution in [0.3, 0.4) is 0 Å². The second kappa shape index (κ2) is 7.53. The van der Waals surface area contributed by atoms with Crippen LogP contribution in [0.5, 0.6) is 0 Å². The van der Waals surface area contributed by atoms with Crippen molar-refractivity contribution in [3.63, 3.8) is 0 Å². The number of esters is 1. The van der Waals surface area contributed by atoms with Gasteiger partial charge in [0.25, 0.3) is 0 Å². The molecule has 2 aromatic rings. The molecule has 0 unspecified atom stereocenters. The standard InChI is InChI=1S/C15H15FN2O6S/c1-9-15(10(2)24-18-9)25(21,22)17-7-14(20)23-8-13(19)11-4-3-5-12(16)6-11/h3-6,17H,7-8H2,1-2H3. The number of nitrogens with zero attached hydrogens (tertiary/aromatic N) is 1. The molecule has 8 nitrogen and oxygen atoms in total. The molecule has 0 fully saturated rings. The van der Waals surface area contributed by atoms with Crippen LogP contribution < -0.4 is 4.72 Å². The number of ether oxygens (including phenoxy) is 1. The molecule has 0 saturated heterocycles. The maximum absolute atomic E-state index is 13.0. The van der Waals surface area contributed by atoms with Gasteiger partial charge in [0, 0.05) is 5.56 Å². The average molecular weight is 370 g/mol. The predicted octanol–water partition coefficient (Wildman–Crippen LogP) is 1.13. The third-order valence-electron chi connectivity index (χ3n) is 3.15. The summed E-state index contributed by atoms with van der Waals surface area (Å²) in [7, 11) is -4.01. The molecule has 1 aromatic heterocycles. The Labute approximate surface area is 143 Å². The minimum Gasteiger partial charge on any atom is -0.456 e. The van der Waals surface area contributed by atoms with Crippen molar-refractivity contribution in [2.45, 2.75) is 18.7 Å². The Morgan fingerprint density at radius 3 is 2.64 bits per heavy atom. The zero-order valence-corrected chi connectivity index (χ0v) is 14.2. The molecule has 0 bridgehead atoms. The van der Waals surface area contributed by atoms with Gasteiger partial charge in [0.2, 0.25) is 10.0 Å². The number of halogens is 1. The van der Waals surface area contributed by atoms with E-state index in [1.54, 1.807) is 0 Å². The number of sulfonamides is 1. The van der Waals surface area contributed by atoms with Crippen molar-refractivity contribution in [3.05, 3.63) is 47.1 Å². The number of carbonyl (C=O) groups is 2. The molecular formula is C15H15FN2O6S. The van der Waals surface area contributed by atoms with E-state index in [0.717, 1.165) is 6.07 Å². The first-order chi connectivity index (χ1) is 11.7. The molecule has 1 N–H and O–H groups in total. The van der Waals surface area contributed by atoms with E-state index >= 15 is 0 Å². The van der Waals surface area contributed by atoms with Crippen molar-refractivity contribution < 1.29 is 31.7 Å². The second-order valence-electron chi connectivity index (χ2n) is 5.07. The van der Waals surface area contributed by atoms with E-state index in [1.165, 1.54) is 32.0 Å². The van der Waals surface area contributed by atoms with Crippen LogP contribution in [0.2, 0.25) is 0 Å². The molecule has 10 heteroatoms. The molecule has 0 spiro atoms. The topological polar surface area (TPSA) is 116 Å². The number of Topliss-reactive ketones (excluding diaryl/α,β-unsaturated/α-hetero) is 1. The Morgan fingerprint density at radius 2 is 2.04 bits per heavy atom. The van der Waals surface area contributed by atoms with E-state index in [9.17, 15) is 22.4 Å². The first-order valence-electron chi connectivity index (χ1n) is 7.07. The summed E-state index contributed by atoms with van der Waals surface area (Å²) in [5.41, 5.74) is 0.198. The number of aryl methyl sites for hydroxylation is 2. The molecule has 0 aliphatic heterocycles. The molecule has 0 radical (unpaired) electrons. The number of rotatable bonds is 7. The van der Waals surface area contributed by atoms with Crippen LogP contribution in [0, 0.1) is 19.7 Å². The van der Waals surface area contributed by atoms with Crippen LogP contribution in [-0.2, 0) is 19.6 Å². The third-order valence-corrected chi connectivity index (χ3v) is 4.80. The van der Waals surface area contributed by atoms with Crippen molar-refractivity contribution in [1.29, 1.82) is 0 Å². The van der Waals surface area contributed by atoms with E-state index < -0.39 is 40.7 Å². The molecule has 1 heterocycles. The highest BCUT2D eigenvalue weighted by molar-refractivity contribution is 7.89. The van der Waals surface area contributed by atoms with Gasteiger partial charge >= 0.3 is 5.97 Å². The van der Waals surface area contributed by atoms with Gasteiger partial charge in [0.05, 0.1) is 0 Å². The van der Waals surface area contributed by atoms with Gasteiger partial charge in [0.1, 0.15) is 23.0 Å². The highest BCUT2D eigenvalue weighted by Crippen LogP contribution is 2.18. The van der Waals surface area contributed by atoms with Crippen molar-refractivity contribution in [2.75, 3.05) is 13.2 Å². The van der Waals surface area contributed by atoms with Crippen LogP contribution >= 0.6 is 0 Å². The zero-order valence-electron chi connectivity index (χ0n) is 13.4. The van der Waals surface area contributed by atoms with Crippen LogP contribution in [0.1, 0.15) is 21.8 Å². The van der Waals surface area contributed by atoms with Gasteiger partial charge in [-0.05, 0) is 26.0 Å². The van der Waals surface area contributed by atoms with Crippen LogP contribution in [0.15, 0.2) is 33.7 Å². The molecule has 0 amide bonds. The quantitative estimate of drug-likeness (QED) is 0.574. The number of nitrogens with one attached hydrogen (secondary N) is 1. The molecule has 2 rings (SSSR count). The van der Waals surface area contributed by atoms with Gasteiger partial charge in [-0.3, -0.25) is 9.59 Å². The molecule has 25 heavy (non-hydrogen) atoms. The van der Waals surface area contributed by atoms with Gasteiger partial charge < -0.3 is 9.26 Å². The Hall–Kier alpha value is -2.59. The second-order valence-corrected chi connectivity index (χ2v) is 6.78. The van der Waals surface area contributed by atoms with Crippen molar-refractivity contribution in [3.8, 4) is 0 Å². The Bertz CT molecular complexity index is 887. The van der Waals surface area contributed by atoms with E-state index in [2.05, 4.69) is 5.16 Å². The fourth-order valence-electron chi connectivity index (χ4n) is 2.03. The smallest absolute Gasteiger partial charge is 0.321 e. The summed E-state index contributed by atoms with van der Waals surface area (Å²) in [4.78, 5) is 23.2. The highest BCUT2D eigenvalue weighted by Gasteiger charge is 2.25. The van der Waals surface area contributed by atoms with E-state index in [-0.39, 0.29) is 21.9 Å². The van der Waals surface area contributed by atoms with Gasteiger partial charge in [-0.1, -0.05) is 17.3 Å². The number of benzene rings is 1. The third kappa shape index (κ3) is 4.70. The van der Waals surface area contributed by atoms with E-state index in [1.807, 2.05) is 4.72 Å². The number of carbonyl (C=O) groups excluding carboxylic acids is 2. The number of hydrogen-bond donors (Lipinski definition) is 1. The molecule has 134 valence electrons. The lowest BCUT2D eigenvalue weighted by molar-refractivity contribution is -0.141. The van der Waals surface area contributed by atoms with Crippen molar-refractivity contribution in [1.82, 2.24) is 9.88 Å². The summed E-state index contributed by atoms with van der Waals surface area (Å²) in [6.07, 6.45) is 0.